The number of carbonyl (C=O) groups is 1. The number of rotatable bonds is 6. The first kappa shape index (κ1) is 18.9. The number of nitrogens with zero attached hydrogens (tertiary/aromatic N) is 6. The third-order valence-electron chi connectivity index (χ3n) is 4.29. The number of thiazole rings is 1. The molecule has 3 aromatic heterocycles. The normalized spacial score (nSPS) is 11.1. The van der Waals surface area contributed by atoms with Crippen molar-refractivity contribution < 1.29 is 9.53 Å². The molecule has 4 aromatic rings. The lowest BCUT2D eigenvalue weighted by atomic mass is 10.2. The van der Waals surface area contributed by atoms with E-state index >= 15 is 0 Å². The molecule has 0 aliphatic rings. The van der Waals surface area contributed by atoms with Crippen molar-refractivity contribution in [3.8, 4) is 5.75 Å². The molecule has 0 aliphatic carbocycles. The standard InChI is InChI=1S/C18H19N7O3S/c1-23(2)17-21-15-14(29-17)16-22-25(18(27)24(16)10-20-15)9-13(26)19-8-11-4-6-12(28-3)7-5-11/h4-7,10H,8-9H2,1-3H3,(H,19,26). The second kappa shape index (κ2) is 7.51. The van der Waals surface area contributed by atoms with E-state index in [0.29, 0.717) is 22.5 Å². The minimum absolute atomic E-state index is 0.183. The molecular weight excluding hydrogens is 394 g/mol. The molecule has 0 saturated heterocycles. The van der Waals surface area contributed by atoms with Crippen molar-refractivity contribution in [3.63, 3.8) is 0 Å². The Morgan fingerprint density at radius 3 is 2.72 bits per heavy atom. The van der Waals surface area contributed by atoms with E-state index in [1.807, 2.05) is 43.3 Å². The summed E-state index contributed by atoms with van der Waals surface area (Å²) in [6.07, 6.45) is 1.39. The Labute approximate surface area is 169 Å². The molecule has 29 heavy (non-hydrogen) atoms. The minimum atomic E-state index is -0.422. The summed E-state index contributed by atoms with van der Waals surface area (Å²) in [7, 11) is 5.36. The summed E-state index contributed by atoms with van der Waals surface area (Å²) in [5.74, 6) is 0.436. The Morgan fingerprint density at radius 1 is 1.28 bits per heavy atom. The minimum Gasteiger partial charge on any atom is -0.497 e. The van der Waals surface area contributed by atoms with Gasteiger partial charge < -0.3 is 15.0 Å². The number of amides is 1. The van der Waals surface area contributed by atoms with Gasteiger partial charge in [-0.15, -0.1) is 5.10 Å². The van der Waals surface area contributed by atoms with Gasteiger partial charge in [-0.1, -0.05) is 23.5 Å². The number of aromatic nitrogens is 5. The first-order valence-electron chi connectivity index (χ1n) is 8.78. The van der Waals surface area contributed by atoms with Gasteiger partial charge in [0.1, 0.15) is 23.3 Å². The predicted molar refractivity (Wildman–Crippen MR) is 110 cm³/mol. The predicted octanol–water partition coefficient (Wildman–Crippen LogP) is 0.892. The Kier molecular flexibility index (Phi) is 4.89. The maximum absolute atomic E-state index is 12.6. The number of hydrogen-bond acceptors (Lipinski definition) is 8. The molecule has 1 amide bonds. The maximum Gasteiger partial charge on any atom is 0.352 e. The zero-order chi connectivity index (χ0) is 20.5. The molecule has 0 aliphatic heterocycles. The second-order valence-corrected chi connectivity index (χ2v) is 7.52. The third kappa shape index (κ3) is 3.63. The van der Waals surface area contributed by atoms with E-state index in [0.717, 1.165) is 21.1 Å². The summed E-state index contributed by atoms with van der Waals surface area (Å²) < 4.78 is 8.28. The van der Waals surface area contributed by atoms with Crippen molar-refractivity contribution in [3.05, 3.63) is 46.6 Å². The van der Waals surface area contributed by atoms with Crippen LogP contribution in [0.4, 0.5) is 5.13 Å². The first-order chi connectivity index (χ1) is 14.0. The summed E-state index contributed by atoms with van der Waals surface area (Å²) >= 11 is 1.39. The van der Waals surface area contributed by atoms with Crippen molar-refractivity contribution in [1.29, 1.82) is 0 Å². The number of anilines is 1. The maximum atomic E-state index is 12.6. The van der Waals surface area contributed by atoms with E-state index in [-0.39, 0.29) is 12.5 Å². The second-order valence-electron chi connectivity index (χ2n) is 6.55. The van der Waals surface area contributed by atoms with Gasteiger partial charge in [-0.3, -0.25) is 4.79 Å². The Balaban J connectivity index is 1.53. The number of fused-ring (bicyclic) bond motifs is 3. The van der Waals surface area contributed by atoms with Gasteiger partial charge in [0.05, 0.1) is 7.11 Å². The highest BCUT2D eigenvalue weighted by molar-refractivity contribution is 7.22. The fourth-order valence-corrected chi connectivity index (χ4v) is 3.67. The largest absolute Gasteiger partial charge is 0.497 e. The van der Waals surface area contributed by atoms with Crippen LogP contribution < -0.4 is 20.6 Å². The van der Waals surface area contributed by atoms with Crippen molar-refractivity contribution in [2.75, 3.05) is 26.1 Å². The van der Waals surface area contributed by atoms with Crippen LogP contribution in [0.1, 0.15) is 5.56 Å². The molecule has 0 unspecified atom stereocenters. The molecule has 0 spiro atoms. The number of benzene rings is 1. The summed E-state index contributed by atoms with van der Waals surface area (Å²) in [6.45, 7) is 0.162. The summed E-state index contributed by atoms with van der Waals surface area (Å²) in [4.78, 5) is 35.4. The Morgan fingerprint density at radius 2 is 2.03 bits per heavy atom. The number of hydrogen-bond donors (Lipinski definition) is 1. The summed E-state index contributed by atoms with van der Waals surface area (Å²) in [5, 5.41) is 7.89. The lowest BCUT2D eigenvalue weighted by Gasteiger charge is -2.06. The highest BCUT2D eigenvalue weighted by atomic mass is 32.1. The van der Waals surface area contributed by atoms with Gasteiger partial charge in [0.15, 0.2) is 16.4 Å². The van der Waals surface area contributed by atoms with Gasteiger partial charge in [0, 0.05) is 20.6 Å². The molecule has 10 nitrogen and oxygen atoms in total. The van der Waals surface area contributed by atoms with Gasteiger partial charge in [-0.25, -0.2) is 18.9 Å². The van der Waals surface area contributed by atoms with Gasteiger partial charge in [0.2, 0.25) is 5.91 Å². The van der Waals surface area contributed by atoms with Crippen molar-refractivity contribution in [1.82, 2.24) is 29.5 Å². The van der Waals surface area contributed by atoms with E-state index in [9.17, 15) is 9.59 Å². The highest BCUT2D eigenvalue weighted by Gasteiger charge is 2.17. The van der Waals surface area contributed by atoms with E-state index in [4.69, 9.17) is 4.74 Å². The number of nitrogens with one attached hydrogen (secondary N) is 1. The van der Waals surface area contributed by atoms with E-state index < -0.39 is 5.69 Å². The molecule has 150 valence electrons. The lowest BCUT2D eigenvalue weighted by molar-refractivity contribution is -0.122. The molecule has 11 heteroatoms. The SMILES string of the molecule is COc1ccc(CNC(=O)Cn2nc3c4sc(N(C)C)nc4ncn3c2=O)cc1. The first-order valence-corrected chi connectivity index (χ1v) is 9.59. The van der Waals surface area contributed by atoms with Gasteiger partial charge in [0.25, 0.3) is 0 Å². The Hall–Kier alpha value is -3.47. The lowest BCUT2D eigenvalue weighted by Crippen LogP contribution is -2.32. The highest BCUT2D eigenvalue weighted by Crippen LogP contribution is 2.28. The fraction of sp³-hybridized carbons (Fsp3) is 0.278. The van der Waals surface area contributed by atoms with Crippen LogP contribution in [0.25, 0.3) is 16.0 Å². The number of carbonyl (C=O) groups excluding carboxylic acids is 1. The van der Waals surface area contributed by atoms with Gasteiger partial charge in [-0.05, 0) is 17.7 Å². The quantitative estimate of drug-likeness (QED) is 0.500. The number of methoxy groups -OCH3 is 1. The van der Waals surface area contributed by atoms with Crippen LogP contribution in [0.2, 0.25) is 0 Å². The molecule has 1 N–H and O–H groups in total. The number of ether oxygens (including phenoxy) is 1. The molecule has 0 radical (unpaired) electrons. The average molecular weight is 413 g/mol. The molecule has 3 heterocycles. The molecular formula is C18H19N7O3S. The summed E-state index contributed by atoms with van der Waals surface area (Å²) in [6, 6.07) is 7.38. The monoisotopic (exact) mass is 413 g/mol. The van der Waals surface area contributed by atoms with Crippen LogP contribution in [0.15, 0.2) is 35.4 Å². The van der Waals surface area contributed by atoms with E-state index in [1.54, 1.807) is 7.11 Å². The van der Waals surface area contributed by atoms with Crippen molar-refractivity contribution >= 4 is 38.4 Å². The average Bonchev–Trinajstić information content (AvgIpc) is 3.29. The fourth-order valence-electron chi connectivity index (χ4n) is 2.76. The zero-order valence-corrected chi connectivity index (χ0v) is 16.9. The third-order valence-corrected chi connectivity index (χ3v) is 5.50. The molecule has 4 rings (SSSR count). The Bertz CT molecular complexity index is 1240. The smallest absolute Gasteiger partial charge is 0.352 e. The molecule has 0 saturated carbocycles. The topological polar surface area (TPSA) is 107 Å². The zero-order valence-electron chi connectivity index (χ0n) is 16.1. The summed E-state index contributed by atoms with van der Waals surface area (Å²) in [5.41, 5.74) is 1.46. The van der Waals surface area contributed by atoms with Crippen molar-refractivity contribution in [2.45, 2.75) is 13.1 Å². The van der Waals surface area contributed by atoms with Gasteiger partial charge >= 0.3 is 5.69 Å². The van der Waals surface area contributed by atoms with Crippen molar-refractivity contribution in [2.24, 2.45) is 0 Å². The van der Waals surface area contributed by atoms with Crippen LogP contribution in [-0.4, -0.2) is 51.3 Å². The van der Waals surface area contributed by atoms with E-state index in [2.05, 4.69) is 20.4 Å². The van der Waals surface area contributed by atoms with Crippen LogP contribution >= 0.6 is 11.3 Å². The van der Waals surface area contributed by atoms with E-state index in [1.165, 1.54) is 22.1 Å². The molecule has 0 fully saturated rings. The van der Waals surface area contributed by atoms with Crippen LogP contribution in [0, 0.1) is 0 Å². The molecule has 1 aromatic carbocycles. The van der Waals surface area contributed by atoms with Crippen LogP contribution in [-0.2, 0) is 17.9 Å². The molecule has 0 bridgehead atoms. The van der Waals surface area contributed by atoms with Crippen LogP contribution in [0.5, 0.6) is 5.75 Å². The molecule has 0 atom stereocenters. The van der Waals surface area contributed by atoms with Crippen LogP contribution in [0.3, 0.4) is 0 Å². The van der Waals surface area contributed by atoms with Gasteiger partial charge in [-0.2, -0.15) is 4.98 Å².